The van der Waals surface area contributed by atoms with Gasteiger partial charge in [0.1, 0.15) is 11.0 Å². The number of aryl methyl sites for hydroxylation is 2. The summed E-state index contributed by atoms with van der Waals surface area (Å²) in [7, 11) is 1.85. The lowest BCUT2D eigenvalue weighted by Gasteiger charge is -2.12. The first-order valence-electron chi connectivity index (χ1n) is 10.4. The van der Waals surface area contributed by atoms with Gasteiger partial charge < -0.3 is 4.74 Å². The third kappa shape index (κ3) is 3.88. The summed E-state index contributed by atoms with van der Waals surface area (Å²) in [6, 6.07) is 15.2. The zero-order valence-electron chi connectivity index (χ0n) is 18.2. The highest BCUT2D eigenvalue weighted by molar-refractivity contribution is 6.30. The van der Waals surface area contributed by atoms with Crippen LogP contribution in [0.15, 0.2) is 59.4 Å². The fourth-order valence-electron chi connectivity index (χ4n) is 3.78. The van der Waals surface area contributed by atoms with Gasteiger partial charge in [0.2, 0.25) is 5.88 Å². The van der Waals surface area contributed by atoms with Gasteiger partial charge in [-0.05, 0) is 48.9 Å². The summed E-state index contributed by atoms with van der Waals surface area (Å²) in [6.07, 6.45) is -2.65. The number of hydrogen-bond acceptors (Lipinski definition) is 5. The van der Waals surface area contributed by atoms with Gasteiger partial charge in [-0.2, -0.15) is 14.9 Å². The van der Waals surface area contributed by atoms with Gasteiger partial charge >= 0.3 is 0 Å². The summed E-state index contributed by atoms with van der Waals surface area (Å²) < 4.78 is 33.4. The number of aromatic nitrogens is 5. The van der Waals surface area contributed by atoms with Crippen molar-refractivity contribution in [2.24, 2.45) is 7.05 Å². The molecular weight excluding hydrogens is 464 g/mol. The topological polar surface area (TPSA) is 74.8 Å². The van der Waals surface area contributed by atoms with Crippen LogP contribution in [0, 0.1) is 6.92 Å². The minimum atomic E-state index is -2.65. The molecule has 0 N–H and O–H groups in total. The predicted octanol–water partition coefficient (Wildman–Crippen LogP) is 4.94. The summed E-state index contributed by atoms with van der Waals surface area (Å²) in [5.41, 5.74) is 3.35. The van der Waals surface area contributed by atoms with Crippen LogP contribution in [-0.4, -0.2) is 37.6 Å². The molecule has 34 heavy (non-hydrogen) atoms. The smallest absolute Gasteiger partial charge is 0.281 e. The van der Waals surface area contributed by atoms with Crippen LogP contribution in [0.25, 0.3) is 38.8 Å². The van der Waals surface area contributed by atoms with Gasteiger partial charge in [-0.3, -0.25) is 9.48 Å². The van der Waals surface area contributed by atoms with Crippen LogP contribution in [0.1, 0.15) is 5.69 Å². The Morgan fingerprint density at radius 2 is 1.76 bits per heavy atom. The van der Waals surface area contributed by atoms with E-state index in [1.807, 2.05) is 26.1 Å². The molecule has 0 aliphatic heterocycles. The standard InChI is InChI=1S/C24H18ClF2N5O2/c1-13-17-11-16(7-8-18(17)29-31(13)2)32-24(33)22(14-3-5-15(25)6-4-14)23-19(30-32)9-10-21(28-23)34-12-20(26)27/h3-11,20H,12H2,1-2H3. The van der Waals surface area contributed by atoms with Crippen LogP contribution < -0.4 is 10.3 Å². The number of ether oxygens (including phenoxy) is 1. The van der Waals surface area contributed by atoms with Crippen molar-refractivity contribution in [3.63, 3.8) is 0 Å². The van der Waals surface area contributed by atoms with E-state index in [0.717, 1.165) is 16.6 Å². The van der Waals surface area contributed by atoms with Gasteiger partial charge in [-0.15, -0.1) is 0 Å². The van der Waals surface area contributed by atoms with E-state index in [-0.39, 0.29) is 17.0 Å². The van der Waals surface area contributed by atoms with Gasteiger partial charge in [0.05, 0.1) is 16.8 Å². The molecule has 7 nitrogen and oxygen atoms in total. The maximum atomic E-state index is 13.7. The zero-order valence-corrected chi connectivity index (χ0v) is 18.9. The molecule has 2 aromatic carbocycles. The minimum Gasteiger partial charge on any atom is -0.472 e. The third-order valence-electron chi connectivity index (χ3n) is 5.55. The Morgan fingerprint density at radius 1 is 1.03 bits per heavy atom. The second-order valence-electron chi connectivity index (χ2n) is 7.73. The molecule has 0 aliphatic rings. The van der Waals surface area contributed by atoms with Crippen molar-refractivity contribution in [2.45, 2.75) is 13.3 Å². The molecule has 5 aromatic rings. The van der Waals surface area contributed by atoms with Crippen molar-refractivity contribution in [1.29, 1.82) is 0 Å². The van der Waals surface area contributed by atoms with Crippen molar-refractivity contribution in [3.05, 3.63) is 75.7 Å². The molecule has 0 saturated carbocycles. The molecule has 0 amide bonds. The first-order valence-corrected chi connectivity index (χ1v) is 10.7. The Labute approximate surface area is 197 Å². The Kier molecular flexibility index (Phi) is 5.49. The lowest BCUT2D eigenvalue weighted by atomic mass is 10.1. The van der Waals surface area contributed by atoms with E-state index in [1.54, 1.807) is 41.1 Å². The van der Waals surface area contributed by atoms with Crippen LogP contribution in [0.4, 0.5) is 8.78 Å². The fourth-order valence-corrected chi connectivity index (χ4v) is 3.91. The van der Waals surface area contributed by atoms with Crippen LogP contribution in [0.5, 0.6) is 5.88 Å². The van der Waals surface area contributed by atoms with E-state index in [4.69, 9.17) is 16.3 Å². The predicted molar refractivity (Wildman–Crippen MR) is 126 cm³/mol. The molecule has 0 saturated heterocycles. The fraction of sp³-hybridized carbons (Fsp3) is 0.167. The molecule has 0 bridgehead atoms. The first kappa shape index (κ1) is 22.0. The van der Waals surface area contributed by atoms with E-state index >= 15 is 0 Å². The average Bonchev–Trinajstić information content (AvgIpc) is 3.11. The monoisotopic (exact) mass is 481 g/mol. The second kappa shape index (κ2) is 8.49. The van der Waals surface area contributed by atoms with Crippen molar-refractivity contribution < 1.29 is 13.5 Å². The number of benzene rings is 2. The van der Waals surface area contributed by atoms with E-state index in [0.29, 0.717) is 21.8 Å². The molecular formula is C24H18ClF2N5O2. The SMILES string of the molecule is Cc1c2cc(-n3nc4ccc(OCC(F)F)nc4c(-c4ccc(Cl)cc4)c3=O)ccc2nn1C. The van der Waals surface area contributed by atoms with Crippen molar-refractivity contribution >= 4 is 33.5 Å². The molecule has 172 valence electrons. The maximum absolute atomic E-state index is 13.7. The highest BCUT2D eigenvalue weighted by atomic mass is 35.5. The zero-order chi connectivity index (χ0) is 24.0. The van der Waals surface area contributed by atoms with Crippen LogP contribution in [0.2, 0.25) is 5.02 Å². The maximum Gasteiger partial charge on any atom is 0.281 e. The van der Waals surface area contributed by atoms with Gasteiger partial charge in [0.15, 0.2) is 6.61 Å². The van der Waals surface area contributed by atoms with E-state index in [2.05, 4.69) is 15.2 Å². The molecule has 0 spiro atoms. The number of halogens is 3. The van der Waals surface area contributed by atoms with Crippen molar-refractivity contribution in [3.8, 4) is 22.7 Å². The second-order valence-corrected chi connectivity index (χ2v) is 8.17. The summed E-state index contributed by atoms with van der Waals surface area (Å²) in [5, 5.41) is 10.4. The lowest BCUT2D eigenvalue weighted by molar-refractivity contribution is 0.0798. The average molecular weight is 482 g/mol. The molecule has 10 heteroatoms. The lowest BCUT2D eigenvalue weighted by Crippen LogP contribution is -2.23. The summed E-state index contributed by atoms with van der Waals surface area (Å²) in [6.45, 7) is 1.14. The van der Waals surface area contributed by atoms with E-state index < -0.39 is 18.6 Å². The number of fused-ring (bicyclic) bond motifs is 2. The van der Waals surface area contributed by atoms with Crippen LogP contribution in [-0.2, 0) is 7.05 Å². The van der Waals surface area contributed by atoms with Crippen LogP contribution >= 0.6 is 11.6 Å². The van der Waals surface area contributed by atoms with Crippen molar-refractivity contribution in [2.75, 3.05) is 6.61 Å². The highest BCUT2D eigenvalue weighted by Gasteiger charge is 2.18. The minimum absolute atomic E-state index is 0.0191. The molecule has 0 radical (unpaired) electrons. The Morgan fingerprint density at radius 3 is 2.50 bits per heavy atom. The summed E-state index contributed by atoms with van der Waals surface area (Å²) >= 11 is 6.04. The third-order valence-corrected chi connectivity index (χ3v) is 5.80. The molecule has 0 fully saturated rings. The molecule has 3 heterocycles. The highest BCUT2D eigenvalue weighted by Crippen LogP contribution is 2.27. The van der Waals surface area contributed by atoms with Gasteiger partial charge in [0.25, 0.3) is 12.0 Å². The molecule has 0 aliphatic carbocycles. The Bertz CT molecular complexity index is 1600. The first-order chi connectivity index (χ1) is 16.3. The van der Waals surface area contributed by atoms with E-state index in [9.17, 15) is 13.6 Å². The quantitative estimate of drug-likeness (QED) is 0.355. The Hall–Kier alpha value is -3.85. The van der Waals surface area contributed by atoms with Gasteiger partial charge in [-0.1, -0.05) is 23.7 Å². The Balaban J connectivity index is 1.76. The number of rotatable bonds is 5. The number of hydrogen-bond donors (Lipinski definition) is 0. The summed E-state index contributed by atoms with van der Waals surface area (Å²) in [4.78, 5) is 18.0. The molecule has 0 unspecified atom stereocenters. The van der Waals surface area contributed by atoms with Gasteiger partial charge in [-0.25, -0.2) is 13.8 Å². The summed E-state index contributed by atoms with van der Waals surface area (Å²) in [5.74, 6) is -0.0191. The molecule has 5 rings (SSSR count). The molecule has 3 aromatic heterocycles. The number of alkyl halides is 2. The normalized spacial score (nSPS) is 11.6. The van der Waals surface area contributed by atoms with Gasteiger partial charge in [0, 0.05) is 29.2 Å². The number of nitrogens with zero attached hydrogens (tertiary/aromatic N) is 5. The van der Waals surface area contributed by atoms with Crippen molar-refractivity contribution in [1.82, 2.24) is 24.5 Å². The van der Waals surface area contributed by atoms with E-state index in [1.165, 1.54) is 10.7 Å². The van der Waals surface area contributed by atoms with Crippen LogP contribution in [0.3, 0.4) is 0 Å². The number of pyridine rings is 1. The molecule has 0 atom stereocenters. The largest absolute Gasteiger partial charge is 0.472 e.